The minimum atomic E-state index is -0.669. The summed E-state index contributed by atoms with van der Waals surface area (Å²) < 4.78 is 12.8. The lowest BCUT2D eigenvalue weighted by Gasteiger charge is -2.04. The van der Waals surface area contributed by atoms with Crippen LogP contribution >= 0.6 is 11.3 Å². The van der Waals surface area contributed by atoms with Gasteiger partial charge in [-0.2, -0.15) is 0 Å². The lowest BCUT2D eigenvalue weighted by molar-refractivity contribution is 0.100. The summed E-state index contributed by atoms with van der Waals surface area (Å²) in [4.78, 5) is 23.7. The molecular formula is C13H12FN3O2S. The molecule has 0 radical (unpaired) electrons. The summed E-state index contributed by atoms with van der Waals surface area (Å²) in [7, 11) is 0. The molecule has 0 atom stereocenters. The van der Waals surface area contributed by atoms with Crippen LogP contribution in [0.3, 0.4) is 0 Å². The van der Waals surface area contributed by atoms with Gasteiger partial charge < -0.3 is 16.8 Å². The lowest BCUT2D eigenvalue weighted by atomic mass is 10.1. The second-order valence-corrected chi connectivity index (χ2v) is 5.17. The van der Waals surface area contributed by atoms with E-state index in [2.05, 4.69) is 5.32 Å². The van der Waals surface area contributed by atoms with Crippen molar-refractivity contribution in [3.8, 4) is 0 Å². The molecule has 0 bridgehead atoms. The van der Waals surface area contributed by atoms with Gasteiger partial charge in [0, 0.05) is 5.69 Å². The molecule has 0 unspecified atom stereocenters. The molecule has 0 saturated carbocycles. The van der Waals surface area contributed by atoms with E-state index in [1.807, 2.05) is 0 Å². The van der Waals surface area contributed by atoms with E-state index in [1.165, 1.54) is 24.3 Å². The van der Waals surface area contributed by atoms with E-state index in [9.17, 15) is 14.0 Å². The van der Waals surface area contributed by atoms with Crippen molar-refractivity contribution in [1.29, 1.82) is 0 Å². The first-order valence-electron chi connectivity index (χ1n) is 5.65. The highest BCUT2D eigenvalue weighted by Crippen LogP contribution is 2.30. The fourth-order valence-corrected chi connectivity index (χ4v) is 2.75. The molecule has 1 aromatic carbocycles. The third-order valence-corrected chi connectivity index (χ3v) is 3.85. The zero-order valence-electron chi connectivity index (χ0n) is 10.6. The van der Waals surface area contributed by atoms with Gasteiger partial charge >= 0.3 is 0 Å². The van der Waals surface area contributed by atoms with E-state index in [0.29, 0.717) is 16.1 Å². The average Bonchev–Trinajstić information content (AvgIpc) is 2.67. The predicted molar refractivity (Wildman–Crippen MR) is 76.3 cm³/mol. The Morgan fingerprint density at radius 2 is 1.85 bits per heavy atom. The van der Waals surface area contributed by atoms with E-state index in [1.54, 1.807) is 6.92 Å². The van der Waals surface area contributed by atoms with Crippen LogP contribution in [-0.2, 0) is 0 Å². The van der Waals surface area contributed by atoms with Gasteiger partial charge in [0.25, 0.3) is 11.8 Å². The maximum Gasteiger partial charge on any atom is 0.266 e. The minimum Gasteiger partial charge on any atom is -0.390 e. The first kappa shape index (κ1) is 14.0. The number of nitrogen functional groups attached to an aromatic ring is 1. The number of benzene rings is 1. The van der Waals surface area contributed by atoms with Gasteiger partial charge in [0.15, 0.2) is 0 Å². The second kappa shape index (κ2) is 5.30. The Morgan fingerprint density at radius 3 is 2.35 bits per heavy atom. The van der Waals surface area contributed by atoms with Crippen molar-refractivity contribution in [3.63, 3.8) is 0 Å². The van der Waals surface area contributed by atoms with Crippen LogP contribution in [0.15, 0.2) is 24.3 Å². The highest BCUT2D eigenvalue weighted by atomic mass is 32.1. The number of hydrogen-bond donors (Lipinski definition) is 3. The monoisotopic (exact) mass is 293 g/mol. The number of carbonyl (C=O) groups excluding carboxylic acids is 2. The minimum absolute atomic E-state index is 0.166. The Labute approximate surface area is 118 Å². The third-order valence-electron chi connectivity index (χ3n) is 2.73. The van der Waals surface area contributed by atoms with Crippen LogP contribution in [0.4, 0.5) is 15.1 Å². The standard InChI is InChI=1S/C13H12FN3O2S/c1-6-9(11(15)18)12(16)20-10(6)13(19)17-8-4-2-7(14)3-5-8/h2-5H,16H2,1H3,(H2,15,18)(H,17,19). The molecule has 0 saturated heterocycles. The van der Waals surface area contributed by atoms with Crippen molar-refractivity contribution in [3.05, 3.63) is 46.1 Å². The Kier molecular flexibility index (Phi) is 3.71. The Hall–Kier alpha value is -2.41. The van der Waals surface area contributed by atoms with Crippen LogP contribution in [0.5, 0.6) is 0 Å². The molecule has 0 aliphatic rings. The SMILES string of the molecule is Cc1c(C(=O)Nc2ccc(F)cc2)sc(N)c1C(N)=O. The van der Waals surface area contributed by atoms with Crippen molar-refractivity contribution in [2.75, 3.05) is 11.1 Å². The van der Waals surface area contributed by atoms with Crippen molar-refractivity contribution < 1.29 is 14.0 Å². The number of rotatable bonds is 3. The highest BCUT2D eigenvalue weighted by Gasteiger charge is 2.21. The average molecular weight is 293 g/mol. The Bertz CT molecular complexity index is 680. The molecule has 7 heteroatoms. The summed E-state index contributed by atoms with van der Waals surface area (Å²) in [5.74, 6) is -1.48. The molecule has 104 valence electrons. The summed E-state index contributed by atoms with van der Waals surface area (Å²) >= 11 is 0.991. The van der Waals surface area contributed by atoms with E-state index in [0.717, 1.165) is 11.3 Å². The van der Waals surface area contributed by atoms with Crippen LogP contribution in [-0.4, -0.2) is 11.8 Å². The van der Waals surface area contributed by atoms with Crippen molar-refractivity contribution in [1.82, 2.24) is 0 Å². The molecule has 1 heterocycles. The first-order valence-corrected chi connectivity index (χ1v) is 6.47. The van der Waals surface area contributed by atoms with Gasteiger partial charge in [-0.1, -0.05) is 0 Å². The molecule has 2 rings (SSSR count). The number of hydrogen-bond acceptors (Lipinski definition) is 4. The summed E-state index contributed by atoms with van der Waals surface area (Å²) in [6, 6.07) is 5.35. The zero-order chi connectivity index (χ0) is 14.9. The molecule has 20 heavy (non-hydrogen) atoms. The smallest absolute Gasteiger partial charge is 0.266 e. The number of amides is 2. The number of nitrogens with two attached hydrogens (primary N) is 2. The number of primary amides is 1. The van der Waals surface area contributed by atoms with Crippen molar-refractivity contribution in [2.24, 2.45) is 5.73 Å². The zero-order valence-corrected chi connectivity index (χ0v) is 11.4. The summed E-state index contributed by atoms with van der Waals surface area (Å²) in [6.07, 6.45) is 0. The van der Waals surface area contributed by atoms with Crippen molar-refractivity contribution in [2.45, 2.75) is 6.92 Å². The maximum absolute atomic E-state index is 12.8. The molecule has 5 N–H and O–H groups in total. The first-order chi connectivity index (χ1) is 9.40. The van der Waals surface area contributed by atoms with Gasteiger partial charge in [-0.15, -0.1) is 11.3 Å². The van der Waals surface area contributed by atoms with Crippen LogP contribution in [0.25, 0.3) is 0 Å². The van der Waals surface area contributed by atoms with Gasteiger partial charge in [0.1, 0.15) is 5.82 Å². The molecule has 2 aromatic rings. The summed E-state index contributed by atoms with van der Waals surface area (Å²) in [6.45, 7) is 1.60. The molecule has 1 aromatic heterocycles. The Morgan fingerprint density at radius 1 is 1.25 bits per heavy atom. The number of anilines is 2. The van der Waals surface area contributed by atoms with E-state index in [-0.39, 0.29) is 10.6 Å². The summed E-state index contributed by atoms with van der Waals surface area (Å²) in [5.41, 5.74) is 12.0. The largest absolute Gasteiger partial charge is 0.390 e. The van der Waals surface area contributed by atoms with Crippen LogP contribution in [0.1, 0.15) is 25.6 Å². The Balaban J connectivity index is 2.28. The van der Waals surface area contributed by atoms with E-state index in [4.69, 9.17) is 11.5 Å². The number of halogens is 1. The van der Waals surface area contributed by atoms with E-state index >= 15 is 0 Å². The lowest BCUT2D eigenvalue weighted by Crippen LogP contribution is -2.15. The van der Waals surface area contributed by atoms with Crippen LogP contribution in [0.2, 0.25) is 0 Å². The fraction of sp³-hybridized carbons (Fsp3) is 0.0769. The summed E-state index contributed by atoms with van der Waals surface area (Å²) in [5, 5.41) is 2.81. The number of nitrogens with one attached hydrogen (secondary N) is 1. The van der Waals surface area contributed by atoms with Gasteiger partial charge in [-0.05, 0) is 36.8 Å². The van der Waals surface area contributed by atoms with Crippen LogP contribution in [0, 0.1) is 12.7 Å². The van der Waals surface area contributed by atoms with E-state index < -0.39 is 17.6 Å². The highest BCUT2D eigenvalue weighted by molar-refractivity contribution is 7.18. The molecule has 0 spiro atoms. The van der Waals surface area contributed by atoms with Gasteiger partial charge in [-0.25, -0.2) is 4.39 Å². The number of carbonyl (C=O) groups is 2. The van der Waals surface area contributed by atoms with Gasteiger partial charge in [0.05, 0.1) is 15.4 Å². The molecule has 2 amide bonds. The molecule has 0 aliphatic heterocycles. The van der Waals surface area contributed by atoms with Gasteiger partial charge in [0.2, 0.25) is 0 Å². The van der Waals surface area contributed by atoms with Crippen molar-refractivity contribution >= 4 is 33.8 Å². The molecule has 5 nitrogen and oxygen atoms in total. The molecular weight excluding hydrogens is 281 g/mol. The van der Waals surface area contributed by atoms with Crippen LogP contribution < -0.4 is 16.8 Å². The predicted octanol–water partition coefficient (Wildman–Crippen LogP) is 2.13. The molecule has 0 aliphatic carbocycles. The second-order valence-electron chi connectivity index (χ2n) is 4.12. The third kappa shape index (κ3) is 2.62. The quantitative estimate of drug-likeness (QED) is 0.808. The normalized spacial score (nSPS) is 10.3. The maximum atomic E-state index is 12.8. The van der Waals surface area contributed by atoms with Gasteiger partial charge in [-0.3, -0.25) is 9.59 Å². The topological polar surface area (TPSA) is 98.2 Å². The number of thiophene rings is 1. The fourth-order valence-electron chi connectivity index (χ4n) is 1.78. The molecule has 0 fully saturated rings.